The largest absolute Gasteiger partial charge is 0.470 e. The van der Waals surface area contributed by atoms with Crippen LogP contribution in [0.3, 0.4) is 0 Å². The van der Waals surface area contributed by atoms with Gasteiger partial charge in [-0.05, 0) is 55.9 Å². The van der Waals surface area contributed by atoms with E-state index in [-0.39, 0.29) is 29.2 Å². The van der Waals surface area contributed by atoms with Gasteiger partial charge < -0.3 is 9.64 Å². The fraction of sp³-hybridized carbons (Fsp3) is 0.333. The lowest BCUT2D eigenvalue weighted by Crippen LogP contribution is -2.59. The standard InChI is InChI=1S/C24H22F2N4O2/c1-14-10-18(26)23(29-12-14)32-20-11-15-6-7-19(20)30(13-15)24(31)21-16(4-2-5-17(21)25)22-27-8-3-9-28-22/h2-5,8-10,12,15,19-20H,6-7,11,13H2,1H3. The number of pyridine rings is 1. The molecule has 8 heteroatoms. The first-order valence-electron chi connectivity index (χ1n) is 10.7. The van der Waals surface area contributed by atoms with Crippen LogP contribution in [0.25, 0.3) is 11.4 Å². The summed E-state index contributed by atoms with van der Waals surface area (Å²) in [6.45, 7) is 2.27. The number of halogens is 2. The Kier molecular flexibility index (Phi) is 5.28. The Balaban J connectivity index is 1.46. The van der Waals surface area contributed by atoms with Gasteiger partial charge in [0.1, 0.15) is 11.9 Å². The molecule has 4 heterocycles. The van der Waals surface area contributed by atoms with Crippen LogP contribution < -0.4 is 4.74 Å². The number of hydrogen-bond acceptors (Lipinski definition) is 5. The van der Waals surface area contributed by atoms with E-state index in [1.165, 1.54) is 18.2 Å². The molecule has 1 amide bonds. The zero-order valence-electron chi connectivity index (χ0n) is 17.5. The van der Waals surface area contributed by atoms with Crippen LogP contribution in [0.5, 0.6) is 5.88 Å². The molecule has 1 saturated carbocycles. The minimum absolute atomic E-state index is 0.0513. The Morgan fingerprint density at radius 3 is 2.66 bits per heavy atom. The Morgan fingerprint density at radius 1 is 1.09 bits per heavy atom. The Hall–Kier alpha value is -3.42. The lowest BCUT2D eigenvalue weighted by atomic mass is 9.77. The molecule has 3 atom stereocenters. The third-order valence-electron chi connectivity index (χ3n) is 6.22. The van der Waals surface area contributed by atoms with Gasteiger partial charge in [-0.25, -0.2) is 23.7 Å². The molecule has 6 nitrogen and oxygen atoms in total. The van der Waals surface area contributed by atoms with Crippen LogP contribution in [-0.2, 0) is 0 Å². The Bertz CT molecular complexity index is 1160. The lowest BCUT2D eigenvalue weighted by Gasteiger charge is -2.49. The van der Waals surface area contributed by atoms with Crippen LogP contribution in [0, 0.1) is 24.5 Å². The minimum Gasteiger partial charge on any atom is -0.470 e. The van der Waals surface area contributed by atoms with Gasteiger partial charge in [-0.1, -0.05) is 12.1 Å². The zero-order chi connectivity index (χ0) is 22.2. The van der Waals surface area contributed by atoms with Gasteiger partial charge in [0, 0.05) is 30.7 Å². The number of hydrogen-bond donors (Lipinski definition) is 0. The number of amides is 1. The van der Waals surface area contributed by atoms with E-state index in [9.17, 15) is 13.6 Å². The summed E-state index contributed by atoms with van der Waals surface area (Å²) in [6.07, 6.45) is 6.61. The number of piperidine rings is 2. The van der Waals surface area contributed by atoms with Crippen LogP contribution in [0.2, 0.25) is 0 Å². The summed E-state index contributed by atoms with van der Waals surface area (Å²) >= 11 is 0. The smallest absolute Gasteiger partial charge is 0.257 e. The highest BCUT2D eigenvalue weighted by atomic mass is 19.1. The third kappa shape index (κ3) is 3.70. The fourth-order valence-electron chi connectivity index (χ4n) is 4.75. The van der Waals surface area contributed by atoms with Crippen LogP contribution in [0.15, 0.2) is 48.9 Å². The SMILES string of the molecule is Cc1cnc(OC2CC3CCC2N(C(=O)c2c(F)cccc2-c2ncccn2)C3)c(F)c1. The second-order valence-electron chi connectivity index (χ2n) is 8.39. The molecule has 2 aliphatic heterocycles. The number of carbonyl (C=O) groups excluding carboxylic acids is 1. The number of aryl methyl sites for hydroxylation is 1. The van der Waals surface area contributed by atoms with Crippen molar-refractivity contribution in [3.63, 3.8) is 0 Å². The second kappa shape index (κ2) is 8.26. The monoisotopic (exact) mass is 436 g/mol. The normalized spacial score (nSPS) is 22.1. The van der Waals surface area contributed by atoms with Gasteiger partial charge in [-0.2, -0.15) is 0 Å². The second-order valence-corrected chi connectivity index (χ2v) is 8.39. The molecule has 2 bridgehead atoms. The van der Waals surface area contributed by atoms with E-state index < -0.39 is 23.6 Å². The average molecular weight is 436 g/mol. The molecule has 1 aliphatic carbocycles. The van der Waals surface area contributed by atoms with Crippen molar-refractivity contribution in [1.82, 2.24) is 19.9 Å². The summed E-state index contributed by atoms with van der Waals surface area (Å²) in [5.41, 5.74) is 0.998. The van der Waals surface area contributed by atoms with Crippen molar-refractivity contribution in [3.8, 4) is 17.3 Å². The first kappa shape index (κ1) is 20.5. The third-order valence-corrected chi connectivity index (χ3v) is 6.22. The molecule has 1 aromatic carbocycles. The van der Waals surface area contributed by atoms with Crippen LogP contribution >= 0.6 is 0 Å². The van der Waals surface area contributed by atoms with Crippen LogP contribution in [0.4, 0.5) is 8.78 Å². The van der Waals surface area contributed by atoms with Crippen molar-refractivity contribution in [2.75, 3.05) is 6.54 Å². The average Bonchev–Trinajstić information content (AvgIpc) is 2.81. The van der Waals surface area contributed by atoms with Crippen molar-refractivity contribution in [3.05, 3.63) is 71.7 Å². The summed E-state index contributed by atoms with van der Waals surface area (Å²) in [5.74, 6) is -1.15. The highest BCUT2D eigenvalue weighted by Gasteiger charge is 2.45. The van der Waals surface area contributed by atoms with Crippen molar-refractivity contribution < 1.29 is 18.3 Å². The van der Waals surface area contributed by atoms with Crippen molar-refractivity contribution >= 4 is 5.91 Å². The molecular weight excluding hydrogens is 414 g/mol. The van der Waals surface area contributed by atoms with Crippen LogP contribution in [-0.4, -0.2) is 44.4 Å². The molecule has 32 heavy (non-hydrogen) atoms. The van der Waals surface area contributed by atoms with Gasteiger partial charge in [0.05, 0.1) is 11.6 Å². The highest BCUT2D eigenvalue weighted by molar-refractivity contribution is 6.00. The molecule has 164 valence electrons. The molecule has 6 rings (SSSR count). The Morgan fingerprint density at radius 2 is 1.91 bits per heavy atom. The van der Waals surface area contributed by atoms with Gasteiger partial charge in [0.15, 0.2) is 11.6 Å². The summed E-state index contributed by atoms with van der Waals surface area (Å²) < 4.78 is 35.2. The zero-order valence-corrected chi connectivity index (χ0v) is 17.5. The van der Waals surface area contributed by atoms with Crippen LogP contribution in [0.1, 0.15) is 35.2 Å². The van der Waals surface area contributed by atoms with Gasteiger partial charge in [0.25, 0.3) is 11.8 Å². The summed E-state index contributed by atoms with van der Waals surface area (Å²) in [4.78, 5) is 27.7. The predicted molar refractivity (Wildman–Crippen MR) is 113 cm³/mol. The first-order chi connectivity index (χ1) is 15.5. The predicted octanol–water partition coefficient (Wildman–Crippen LogP) is 4.20. The van der Waals surface area contributed by atoms with Crippen molar-refractivity contribution in [2.24, 2.45) is 5.92 Å². The highest BCUT2D eigenvalue weighted by Crippen LogP contribution is 2.39. The molecule has 2 aromatic heterocycles. The first-order valence-corrected chi connectivity index (χ1v) is 10.7. The number of aromatic nitrogens is 3. The fourth-order valence-corrected chi connectivity index (χ4v) is 4.75. The van der Waals surface area contributed by atoms with Gasteiger partial charge in [-0.15, -0.1) is 0 Å². The van der Waals surface area contributed by atoms with Crippen molar-refractivity contribution in [1.29, 1.82) is 0 Å². The number of rotatable bonds is 4. The number of nitrogens with zero attached hydrogens (tertiary/aromatic N) is 4. The van der Waals surface area contributed by atoms with E-state index in [1.807, 2.05) is 0 Å². The van der Waals surface area contributed by atoms with Gasteiger partial charge in [-0.3, -0.25) is 4.79 Å². The molecule has 2 saturated heterocycles. The minimum atomic E-state index is -0.620. The van der Waals surface area contributed by atoms with Gasteiger partial charge >= 0.3 is 0 Å². The quantitative estimate of drug-likeness (QED) is 0.613. The molecule has 3 fully saturated rings. The lowest BCUT2D eigenvalue weighted by molar-refractivity contribution is -0.0328. The van der Waals surface area contributed by atoms with E-state index in [2.05, 4.69) is 15.0 Å². The molecule has 3 unspecified atom stereocenters. The van der Waals surface area contributed by atoms with E-state index in [0.717, 1.165) is 6.42 Å². The maximum Gasteiger partial charge on any atom is 0.257 e. The number of ether oxygens (including phenoxy) is 1. The number of fused-ring (bicyclic) bond motifs is 3. The summed E-state index contributed by atoms with van der Waals surface area (Å²) in [6, 6.07) is 7.19. The topological polar surface area (TPSA) is 68.2 Å². The maximum absolute atomic E-state index is 14.9. The van der Waals surface area contributed by atoms with Gasteiger partial charge in [0.2, 0.25) is 0 Å². The molecule has 0 N–H and O–H groups in total. The van der Waals surface area contributed by atoms with E-state index in [4.69, 9.17) is 4.74 Å². The van der Waals surface area contributed by atoms with Crippen molar-refractivity contribution in [2.45, 2.75) is 38.3 Å². The van der Waals surface area contributed by atoms with E-state index in [0.29, 0.717) is 30.5 Å². The van der Waals surface area contributed by atoms with E-state index >= 15 is 0 Å². The summed E-state index contributed by atoms with van der Waals surface area (Å²) in [5, 5.41) is 0. The molecule has 0 radical (unpaired) electrons. The molecule has 0 spiro atoms. The maximum atomic E-state index is 14.9. The number of benzene rings is 1. The number of carbonyl (C=O) groups is 1. The summed E-state index contributed by atoms with van der Waals surface area (Å²) in [7, 11) is 0. The molecular formula is C24H22F2N4O2. The molecule has 3 aromatic rings. The Labute approximate surface area is 184 Å². The van der Waals surface area contributed by atoms with E-state index in [1.54, 1.807) is 42.5 Å². The molecule has 3 aliphatic rings.